The Kier molecular flexibility index (Phi) is 4.85. The largest absolute Gasteiger partial charge is 0.381 e. The summed E-state index contributed by atoms with van der Waals surface area (Å²) in [7, 11) is 0. The number of nitrogens with zero attached hydrogens (tertiary/aromatic N) is 1. The molecule has 0 aromatic carbocycles. The van der Waals surface area contributed by atoms with Crippen molar-refractivity contribution in [2.75, 3.05) is 19.8 Å². The fourth-order valence-electron chi connectivity index (χ4n) is 2.55. The van der Waals surface area contributed by atoms with Gasteiger partial charge in [-0.2, -0.15) is 0 Å². The summed E-state index contributed by atoms with van der Waals surface area (Å²) in [5, 5.41) is 0. The van der Waals surface area contributed by atoms with Gasteiger partial charge in [0, 0.05) is 24.9 Å². The van der Waals surface area contributed by atoms with Crippen LogP contribution in [-0.4, -0.2) is 30.7 Å². The standard InChI is InChI=1S/C14H27NO/c1-6-14(8-10-16-11-14)7-9-15(12(2)3)13(4)5/h13H,2,6-11H2,1,3-5H3. The zero-order chi connectivity index (χ0) is 12.2. The maximum Gasteiger partial charge on any atom is 0.0523 e. The molecule has 0 amide bonds. The smallest absolute Gasteiger partial charge is 0.0523 e. The minimum absolute atomic E-state index is 0.433. The molecule has 0 spiro atoms. The molecule has 1 aliphatic rings. The fourth-order valence-corrected chi connectivity index (χ4v) is 2.55. The van der Waals surface area contributed by atoms with E-state index in [2.05, 4.69) is 39.2 Å². The quantitative estimate of drug-likeness (QED) is 0.686. The van der Waals surface area contributed by atoms with E-state index < -0.39 is 0 Å². The van der Waals surface area contributed by atoms with E-state index in [-0.39, 0.29) is 0 Å². The van der Waals surface area contributed by atoms with E-state index in [0.717, 1.165) is 19.8 Å². The number of hydrogen-bond acceptors (Lipinski definition) is 2. The van der Waals surface area contributed by atoms with Crippen LogP contribution in [0.15, 0.2) is 12.3 Å². The first-order chi connectivity index (χ1) is 7.51. The van der Waals surface area contributed by atoms with Crippen molar-refractivity contribution in [3.05, 3.63) is 12.3 Å². The van der Waals surface area contributed by atoms with E-state index in [1.54, 1.807) is 0 Å². The molecule has 1 saturated heterocycles. The lowest BCUT2D eigenvalue weighted by Crippen LogP contribution is -2.34. The van der Waals surface area contributed by atoms with E-state index in [1.165, 1.54) is 25.0 Å². The Labute approximate surface area is 101 Å². The predicted molar refractivity (Wildman–Crippen MR) is 69.4 cm³/mol. The molecule has 2 nitrogen and oxygen atoms in total. The first-order valence-corrected chi connectivity index (χ1v) is 6.50. The van der Waals surface area contributed by atoms with E-state index in [4.69, 9.17) is 4.74 Å². The predicted octanol–water partition coefficient (Wildman–Crippen LogP) is 3.44. The topological polar surface area (TPSA) is 12.5 Å². The Bertz CT molecular complexity index is 229. The Morgan fingerprint density at radius 1 is 1.50 bits per heavy atom. The van der Waals surface area contributed by atoms with Gasteiger partial charge in [0.2, 0.25) is 0 Å². The summed E-state index contributed by atoms with van der Waals surface area (Å²) >= 11 is 0. The van der Waals surface area contributed by atoms with Crippen LogP contribution >= 0.6 is 0 Å². The molecule has 2 heteroatoms. The third-order valence-corrected chi connectivity index (χ3v) is 3.93. The number of rotatable bonds is 6. The third-order valence-electron chi connectivity index (χ3n) is 3.93. The average molecular weight is 225 g/mol. The molecule has 0 saturated carbocycles. The summed E-state index contributed by atoms with van der Waals surface area (Å²) in [5.41, 5.74) is 1.61. The summed E-state index contributed by atoms with van der Waals surface area (Å²) < 4.78 is 5.56. The van der Waals surface area contributed by atoms with E-state index >= 15 is 0 Å². The molecule has 94 valence electrons. The Morgan fingerprint density at radius 2 is 2.19 bits per heavy atom. The highest BCUT2D eigenvalue weighted by molar-refractivity contribution is 4.92. The Hall–Kier alpha value is -0.500. The minimum atomic E-state index is 0.433. The normalized spacial score (nSPS) is 25.1. The van der Waals surface area contributed by atoms with Crippen LogP contribution in [0.3, 0.4) is 0 Å². The van der Waals surface area contributed by atoms with Crippen LogP contribution in [0.2, 0.25) is 0 Å². The number of allylic oxidation sites excluding steroid dienone is 1. The van der Waals surface area contributed by atoms with Crippen molar-refractivity contribution in [3.8, 4) is 0 Å². The van der Waals surface area contributed by atoms with Crippen LogP contribution in [0, 0.1) is 5.41 Å². The molecular formula is C14H27NO. The summed E-state index contributed by atoms with van der Waals surface area (Å²) in [6.07, 6.45) is 3.69. The molecule has 1 aliphatic heterocycles. The van der Waals surface area contributed by atoms with E-state index in [0.29, 0.717) is 11.5 Å². The van der Waals surface area contributed by atoms with Gasteiger partial charge >= 0.3 is 0 Å². The lowest BCUT2D eigenvalue weighted by atomic mass is 9.81. The molecule has 0 radical (unpaired) electrons. The van der Waals surface area contributed by atoms with Gasteiger partial charge in [0.15, 0.2) is 0 Å². The van der Waals surface area contributed by atoms with Crippen molar-refractivity contribution in [2.45, 2.75) is 53.0 Å². The van der Waals surface area contributed by atoms with Gasteiger partial charge in [0.05, 0.1) is 6.61 Å². The second-order valence-electron chi connectivity index (χ2n) is 5.43. The molecule has 16 heavy (non-hydrogen) atoms. The summed E-state index contributed by atoms with van der Waals surface area (Å²) in [5.74, 6) is 0. The van der Waals surface area contributed by atoms with Crippen molar-refractivity contribution in [3.63, 3.8) is 0 Å². The molecule has 1 rings (SSSR count). The lowest BCUT2D eigenvalue weighted by Gasteiger charge is -2.34. The zero-order valence-electron chi connectivity index (χ0n) is 11.4. The van der Waals surface area contributed by atoms with Gasteiger partial charge in [-0.25, -0.2) is 0 Å². The van der Waals surface area contributed by atoms with Crippen LogP contribution in [0.4, 0.5) is 0 Å². The van der Waals surface area contributed by atoms with Gasteiger partial charge in [-0.1, -0.05) is 13.5 Å². The maximum atomic E-state index is 5.56. The molecular weight excluding hydrogens is 198 g/mol. The average Bonchev–Trinajstić information content (AvgIpc) is 2.66. The molecule has 0 aromatic heterocycles. The van der Waals surface area contributed by atoms with Crippen LogP contribution in [0.25, 0.3) is 0 Å². The van der Waals surface area contributed by atoms with Gasteiger partial charge in [-0.15, -0.1) is 0 Å². The minimum Gasteiger partial charge on any atom is -0.381 e. The van der Waals surface area contributed by atoms with Crippen molar-refractivity contribution in [1.29, 1.82) is 0 Å². The van der Waals surface area contributed by atoms with Gasteiger partial charge in [0.25, 0.3) is 0 Å². The van der Waals surface area contributed by atoms with Gasteiger partial charge in [0.1, 0.15) is 0 Å². The molecule has 0 aromatic rings. The second kappa shape index (κ2) is 5.72. The van der Waals surface area contributed by atoms with Crippen molar-refractivity contribution in [2.24, 2.45) is 5.41 Å². The highest BCUT2D eigenvalue weighted by atomic mass is 16.5. The Morgan fingerprint density at radius 3 is 2.56 bits per heavy atom. The fraction of sp³-hybridized carbons (Fsp3) is 0.857. The van der Waals surface area contributed by atoms with Crippen LogP contribution in [-0.2, 0) is 4.74 Å². The summed E-state index contributed by atoms with van der Waals surface area (Å²) in [6.45, 7) is 15.9. The first-order valence-electron chi connectivity index (χ1n) is 6.50. The number of hydrogen-bond donors (Lipinski definition) is 0. The van der Waals surface area contributed by atoms with E-state index in [9.17, 15) is 0 Å². The molecule has 0 aliphatic carbocycles. The first kappa shape index (κ1) is 13.6. The monoisotopic (exact) mass is 225 g/mol. The highest BCUT2D eigenvalue weighted by Crippen LogP contribution is 2.36. The molecule has 0 N–H and O–H groups in total. The second-order valence-corrected chi connectivity index (χ2v) is 5.43. The van der Waals surface area contributed by atoms with Gasteiger partial charge in [-0.05, 0) is 45.4 Å². The summed E-state index contributed by atoms with van der Waals surface area (Å²) in [6, 6.07) is 0.550. The molecule has 1 atom stereocenters. The van der Waals surface area contributed by atoms with Crippen molar-refractivity contribution >= 4 is 0 Å². The third kappa shape index (κ3) is 3.24. The molecule has 1 fully saturated rings. The summed E-state index contributed by atoms with van der Waals surface area (Å²) in [4.78, 5) is 2.40. The Balaban J connectivity index is 2.50. The van der Waals surface area contributed by atoms with Crippen molar-refractivity contribution < 1.29 is 4.74 Å². The van der Waals surface area contributed by atoms with Crippen LogP contribution in [0.5, 0.6) is 0 Å². The van der Waals surface area contributed by atoms with E-state index in [1.807, 2.05) is 0 Å². The maximum absolute atomic E-state index is 5.56. The van der Waals surface area contributed by atoms with Gasteiger partial charge in [-0.3, -0.25) is 0 Å². The number of ether oxygens (including phenoxy) is 1. The van der Waals surface area contributed by atoms with Crippen LogP contribution in [0.1, 0.15) is 47.0 Å². The van der Waals surface area contributed by atoms with Gasteiger partial charge < -0.3 is 9.64 Å². The molecule has 1 heterocycles. The van der Waals surface area contributed by atoms with Crippen molar-refractivity contribution in [1.82, 2.24) is 4.90 Å². The highest BCUT2D eigenvalue weighted by Gasteiger charge is 2.33. The SMILES string of the molecule is C=C(C)N(CCC1(CC)CCOC1)C(C)C. The molecule has 1 unspecified atom stereocenters. The zero-order valence-corrected chi connectivity index (χ0v) is 11.4. The van der Waals surface area contributed by atoms with Crippen LogP contribution < -0.4 is 0 Å². The lowest BCUT2D eigenvalue weighted by molar-refractivity contribution is 0.130. The molecule has 0 bridgehead atoms.